The Bertz CT molecular complexity index is 513. The summed E-state index contributed by atoms with van der Waals surface area (Å²) in [5.74, 6) is -2.74. The van der Waals surface area contributed by atoms with E-state index in [1.165, 1.54) is 6.92 Å². The molecule has 4 atom stereocenters. The van der Waals surface area contributed by atoms with Gasteiger partial charge in [0.25, 0.3) is 0 Å². The van der Waals surface area contributed by atoms with Crippen molar-refractivity contribution in [3.63, 3.8) is 0 Å². The number of hydrogen-bond acceptors (Lipinski definition) is 7. The van der Waals surface area contributed by atoms with Gasteiger partial charge in [-0.2, -0.15) is 25.3 Å². The van der Waals surface area contributed by atoms with E-state index in [1.807, 2.05) is 0 Å². The molecule has 0 aromatic carbocycles. The van der Waals surface area contributed by atoms with Gasteiger partial charge < -0.3 is 26.4 Å². The van der Waals surface area contributed by atoms with E-state index >= 15 is 0 Å². The Morgan fingerprint density at radius 1 is 1.08 bits per heavy atom. The molecule has 25 heavy (non-hydrogen) atoms. The van der Waals surface area contributed by atoms with Crippen molar-refractivity contribution in [1.82, 2.24) is 21.3 Å². The van der Waals surface area contributed by atoms with Gasteiger partial charge in [0, 0.05) is 11.5 Å². The summed E-state index contributed by atoms with van der Waals surface area (Å²) in [7, 11) is 0. The molecule has 1 fully saturated rings. The summed E-state index contributed by atoms with van der Waals surface area (Å²) < 4.78 is 0. The molecule has 0 aromatic heterocycles. The van der Waals surface area contributed by atoms with E-state index in [0.717, 1.165) is 13.0 Å². The standard InChI is InChI=1S/C14H24N4O5S2/c1-7(11(19)18-10(6-25)14(22)23)16-13(21)9(5-24)17-12(20)8-3-2-4-15-8/h7-10,15,24-25H,2-6H2,1H3,(H,16,21)(H,17,20)(H,18,19)(H,22,23). The molecule has 142 valence electrons. The van der Waals surface area contributed by atoms with Crippen LogP contribution in [0, 0.1) is 0 Å². The van der Waals surface area contributed by atoms with Crippen molar-refractivity contribution in [2.24, 2.45) is 0 Å². The van der Waals surface area contributed by atoms with Gasteiger partial charge in [0.1, 0.15) is 18.1 Å². The molecule has 1 saturated heterocycles. The van der Waals surface area contributed by atoms with Gasteiger partial charge in [-0.25, -0.2) is 4.79 Å². The Labute approximate surface area is 156 Å². The zero-order valence-corrected chi connectivity index (χ0v) is 15.6. The van der Waals surface area contributed by atoms with Crippen molar-refractivity contribution in [2.75, 3.05) is 18.1 Å². The fourth-order valence-corrected chi connectivity index (χ4v) is 2.74. The summed E-state index contributed by atoms with van der Waals surface area (Å²) >= 11 is 7.91. The van der Waals surface area contributed by atoms with Crippen LogP contribution in [0.5, 0.6) is 0 Å². The van der Waals surface area contributed by atoms with Crippen LogP contribution in [0.2, 0.25) is 0 Å². The fourth-order valence-electron chi connectivity index (χ4n) is 2.24. The topological polar surface area (TPSA) is 137 Å². The van der Waals surface area contributed by atoms with Crippen LogP contribution >= 0.6 is 25.3 Å². The first-order valence-corrected chi connectivity index (χ1v) is 9.15. The van der Waals surface area contributed by atoms with Gasteiger partial charge in [-0.05, 0) is 26.3 Å². The predicted molar refractivity (Wildman–Crippen MR) is 97.8 cm³/mol. The Morgan fingerprint density at radius 3 is 2.20 bits per heavy atom. The zero-order valence-electron chi connectivity index (χ0n) is 13.8. The maximum atomic E-state index is 12.2. The Morgan fingerprint density at radius 2 is 1.72 bits per heavy atom. The summed E-state index contributed by atoms with van der Waals surface area (Å²) in [6.45, 7) is 2.17. The van der Waals surface area contributed by atoms with Crippen molar-refractivity contribution in [2.45, 2.75) is 43.9 Å². The lowest BCUT2D eigenvalue weighted by Gasteiger charge is -2.22. The van der Waals surface area contributed by atoms with E-state index in [9.17, 15) is 19.2 Å². The summed E-state index contributed by atoms with van der Waals surface area (Å²) in [5, 5.41) is 19.2. The van der Waals surface area contributed by atoms with Crippen molar-refractivity contribution in [1.29, 1.82) is 0 Å². The average Bonchev–Trinajstić information content (AvgIpc) is 3.11. The SMILES string of the molecule is CC(NC(=O)C(CS)NC(=O)C1CCCN1)C(=O)NC(CS)C(=O)O. The van der Waals surface area contributed by atoms with Crippen molar-refractivity contribution < 1.29 is 24.3 Å². The van der Waals surface area contributed by atoms with Crippen LogP contribution in [0.25, 0.3) is 0 Å². The number of carboxylic acids is 1. The maximum absolute atomic E-state index is 12.2. The highest BCUT2D eigenvalue weighted by Gasteiger charge is 2.29. The highest BCUT2D eigenvalue weighted by atomic mass is 32.1. The highest BCUT2D eigenvalue weighted by Crippen LogP contribution is 2.05. The molecule has 1 aliphatic heterocycles. The number of carbonyl (C=O) groups excluding carboxylic acids is 3. The summed E-state index contributed by atoms with van der Waals surface area (Å²) in [6.07, 6.45) is 1.59. The van der Waals surface area contributed by atoms with E-state index in [4.69, 9.17) is 5.11 Å². The smallest absolute Gasteiger partial charge is 0.327 e. The monoisotopic (exact) mass is 392 g/mol. The highest BCUT2D eigenvalue weighted by molar-refractivity contribution is 7.80. The number of carboxylic acid groups (broad SMARTS) is 1. The van der Waals surface area contributed by atoms with E-state index in [0.29, 0.717) is 6.42 Å². The predicted octanol–water partition coefficient (Wildman–Crippen LogP) is -1.84. The lowest BCUT2D eigenvalue weighted by Crippen LogP contribution is -2.57. The fraction of sp³-hybridized carbons (Fsp3) is 0.714. The van der Waals surface area contributed by atoms with E-state index in [-0.39, 0.29) is 23.5 Å². The molecule has 0 saturated carbocycles. The number of rotatable bonds is 9. The number of amides is 3. The minimum Gasteiger partial charge on any atom is -0.480 e. The van der Waals surface area contributed by atoms with Crippen molar-refractivity contribution in [3.05, 3.63) is 0 Å². The molecule has 9 nitrogen and oxygen atoms in total. The second-order valence-corrected chi connectivity index (χ2v) is 6.44. The first kappa shape index (κ1) is 21.6. The summed E-state index contributed by atoms with van der Waals surface area (Å²) in [4.78, 5) is 47.1. The lowest BCUT2D eigenvalue weighted by atomic mass is 10.2. The minimum atomic E-state index is -1.22. The van der Waals surface area contributed by atoms with Crippen LogP contribution in [0.1, 0.15) is 19.8 Å². The third-order valence-corrected chi connectivity index (χ3v) is 4.47. The van der Waals surface area contributed by atoms with E-state index in [2.05, 4.69) is 46.5 Å². The third kappa shape index (κ3) is 6.75. The third-order valence-electron chi connectivity index (χ3n) is 3.74. The normalized spacial score (nSPS) is 20.2. The minimum absolute atomic E-state index is 0.0625. The van der Waals surface area contributed by atoms with Crippen molar-refractivity contribution in [3.8, 4) is 0 Å². The van der Waals surface area contributed by atoms with Gasteiger partial charge in [-0.15, -0.1) is 0 Å². The number of carbonyl (C=O) groups is 4. The Hall–Kier alpha value is -1.46. The van der Waals surface area contributed by atoms with Crippen molar-refractivity contribution >= 4 is 48.9 Å². The first-order valence-electron chi connectivity index (χ1n) is 7.89. The molecular formula is C14H24N4O5S2. The second kappa shape index (κ2) is 10.5. The molecule has 1 heterocycles. The second-order valence-electron chi connectivity index (χ2n) is 5.70. The molecule has 11 heteroatoms. The van der Waals surface area contributed by atoms with Gasteiger partial charge in [0.2, 0.25) is 17.7 Å². The van der Waals surface area contributed by atoms with Crippen LogP contribution in [-0.4, -0.2) is 71.0 Å². The number of hydrogen-bond donors (Lipinski definition) is 7. The number of aliphatic carboxylic acids is 1. The number of thiol groups is 2. The molecule has 1 aliphatic rings. The van der Waals surface area contributed by atoms with Crippen LogP contribution in [0.15, 0.2) is 0 Å². The largest absolute Gasteiger partial charge is 0.480 e. The van der Waals surface area contributed by atoms with Crippen LogP contribution in [-0.2, 0) is 19.2 Å². The molecule has 0 radical (unpaired) electrons. The maximum Gasteiger partial charge on any atom is 0.327 e. The molecular weight excluding hydrogens is 368 g/mol. The molecule has 1 rings (SSSR count). The molecule has 4 unspecified atom stereocenters. The summed E-state index contributed by atoms with van der Waals surface area (Å²) in [5.41, 5.74) is 0. The van der Waals surface area contributed by atoms with Gasteiger partial charge >= 0.3 is 5.97 Å². The Balaban J connectivity index is 2.54. The van der Waals surface area contributed by atoms with Gasteiger partial charge in [0.15, 0.2) is 0 Å². The quantitative estimate of drug-likeness (QED) is 0.230. The zero-order chi connectivity index (χ0) is 19.0. The van der Waals surface area contributed by atoms with E-state index < -0.39 is 35.9 Å². The summed E-state index contributed by atoms with van der Waals surface area (Å²) in [6, 6.07) is -3.35. The average molecular weight is 393 g/mol. The first-order chi connectivity index (χ1) is 11.8. The molecule has 3 amide bonds. The number of nitrogens with one attached hydrogen (secondary N) is 4. The molecule has 5 N–H and O–H groups in total. The van der Waals surface area contributed by atoms with E-state index in [1.54, 1.807) is 0 Å². The van der Waals surface area contributed by atoms with Gasteiger partial charge in [-0.3, -0.25) is 14.4 Å². The van der Waals surface area contributed by atoms with Gasteiger partial charge in [0.05, 0.1) is 6.04 Å². The lowest BCUT2D eigenvalue weighted by molar-refractivity contribution is -0.141. The molecule has 0 aliphatic carbocycles. The molecule has 0 bridgehead atoms. The van der Waals surface area contributed by atoms with Crippen LogP contribution in [0.3, 0.4) is 0 Å². The molecule has 0 spiro atoms. The molecule has 0 aromatic rings. The Kier molecular flexibility index (Phi) is 9.08. The van der Waals surface area contributed by atoms with Crippen LogP contribution in [0.4, 0.5) is 0 Å². The van der Waals surface area contributed by atoms with Crippen LogP contribution < -0.4 is 21.3 Å². The van der Waals surface area contributed by atoms with Gasteiger partial charge in [-0.1, -0.05) is 0 Å².